The van der Waals surface area contributed by atoms with Crippen molar-refractivity contribution in [3.8, 4) is 0 Å². The van der Waals surface area contributed by atoms with Crippen LogP contribution in [0.4, 0.5) is 4.79 Å². The number of benzene rings is 1. The fourth-order valence-electron chi connectivity index (χ4n) is 9.44. The molecule has 0 radical (unpaired) electrons. The lowest BCUT2D eigenvalue weighted by Crippen LogP contribution is -2.60. The number of cyclic esters (lactones) is 1. The van der Waals surface area contributed by atoms with Gasteiger partial charge in [0.1, 0.15) is 23.9 Å². The van der Waals surface area contributed by atoms with E-state index in [2.05, 4.69) is 4.98 Å². The second-order valence-electron chi connectivity index (χ2n) is 17.3. The number of para-hydroxylation sites is 1. The molecule has 4 heterocycles. The Balaban J connectivity index is 1.59. The van der Waals surface area contributed by atoms with Gasteiger partial charge in [0.05, 0.1) is 42.6 Å². The first-order valence-electron chi connectivity index (χ1n) is 20.9. The molecule has 2 aromatic rings. The summed E-state index contributed by atoms with van der Waals surface area (Å²) in [5, 5.41) is 12.6. The van der Waals surface area contributed by atoms with Gasteiger partial charge in [0, 0.05) is 49.0 Å². The smallest absolute Gasteiger partial charge is 0.411 e. The highest BCUT2D eigenvalue weighted by atomic mass is 16.7. The van der Waals surface area contributed by atoms with Gasteiger partial charge < -0.3 is 38.4 Å². The van der Waals surface area contributed by atoms with Crippen molar-refractivity contribution in [3.05, 3.63) is 48.2 Å². The summed E-state index contributed by atoms with van der Waals surface area (Å²) in [5.41, 5.74) is -1.08. The molecule has 1 amide bonds. The zero-order valence-electron chi connectivity index (χ0n) is 36.6. The van der Waals surface area contributed by atoms with E-state index in [0.717, 1.165) is 16.5 Å². The number of aliphatic hydroxyl groups excluding tert-OH is 1. The lowest BCUT2D eigenvalue weighted by atomic mass is 9.73. The average molecular weight is 824 g/mol. The molecule has 3 aliphatic rings. The third-order valence-corrected chi connectivity index (χ3v) is 12.7. The quantitative estimate of drug-likeness (QED) is 0.225. The van der Waals surface area contributed by atoms with Crippen LogP contribution < -0.4 is 0 Å². The van der Waals surface area contributed by atoms with Gasteiger partial charge in [-0.2, -0.15) is 0 Å². The van der Waals surface area contributed by atoms with Crippen molar-refractivity contribution in [1.82, 2.24) is 14.8 Å². The summed E-state index contributed by atoms with van der Waals surface area (Å²) >= 11 is 0. The molecule has 1 N–H and O–H groups in total. The zero-order valence-corrected chi connectivity index (χ0v) is 36.6. The number of hydrogen-bond acceptors (Lipinski definition) is 13. The number of carbonyl (C=O) groups excluding carboxylic acids is 4. The number of ether oxygens (including phenoxy) is 6. The van der Waals surface area contributed by atoms with Crippen molar-refractivity contribution in [2.45, 2.75) is 129 Å². The molecule has 0 saturated carbocycles. The molecular formula is C45H65N3O11. The molecule has 14 heteroatoms. The van der Waals surface area contributed by atoms with Gasteiger partial charge >= 0.3 is 12.1 Å². The Morgan fingerprint density at radius 1 is 1.03 bits per heavy atom. The van der Waals surface area contributed by atoms with E-state index in [1.165, 1.54) is 18.9 Å². The third kappa shape index (κ3) is 9.89. The Bertz CT molecular complexity index is 1840. The maximum atomic E-state index is 14.8. The number of amides is 1. The molecule has 5 rings (SSSR count). The van der Waals surface area contributed by atoms with E-state index in [1.54, 1.807) is 47.7 Å². The summed E-state index contributed by atoms with van der Waals surface area (Å²) in [7, 11) is 5.26. The summed E-state index contributed by atoms with van der Waals surface area (Å²) in [6, 6.07) is 8.69. The molecule has 0 unspecified atom stereocenters. The van der Waals surface area contributed by atoms with Crippen molar-refractivity contribution in [2.24, 2.45) is 23.7 Å². The molecule has 1 aromatic heterocycles. The Morgan fingerprint density at radius 2 is 1.75 bits per heavy atom. The topological polar surface area (TPSA) is 163 Å². The van der Waals surface area contributed by atoms with Gasteiger partial charge in [-0.1, -0.05) is 58.0 Å². The fourth-order valence-corrected chi connectivity index (χ4v) is 9.44. The Labute approximate surface area is 348 Å². The van der Waals surface area contributed by atoms with Gasteiger partial charge in [-0.3, -0.25) is 24.3 Å². The highest BCUT2D eigenvalue weighted by Crippen LogP contribution is 2.43. The fraction of sp³-hybridized carbons (Fsp3) is 0.667. The van der Waals surface area contributed by atoms with Crippen LogP contribution in [0.25, 0.3) is 17.0 Å². The number of likely N-dealkylation sites (N-methyl/N-ethyl adjacent to an activating group) is 1. The number of fused-ring (bicyclic) bond motifs is 2. The lowest BCUT2D eigenvalue weighted by molar-refractivity contribution is -0.296. The SMILES string of the molecule is CC[C@H]1OC(=O)[C@H](C)C(=O)[C@H](C)[C@@H](O[C@@H]2O[C@H](C)C[C@H](N(C)C)[C@H]2O)[C@](C)(OC/C=C/c2cnc3ccccc3c2)C[C@@H](C)C(=O)[C@H](C)[C@H]2N(CCOC)C(=O)O[C@]12C. The molecule has 14 nitrogen and oxygen atoms in total. The summed E-state index contributed by atoms with van der Waals surface area (Å²) in [4.78, 5) is 64.9. The van der Waals surface area contributed by atoms with E-state index < -0.39 is 83.4 Å². The number of esters is 1. The predicted molar refractivity (Wildman–Crippen MR) is 221 cm³/mol. The van der Waals surface area contributed by atoms with Crippen LogP contribution in [0.2, 0.25) is 0 Å². The Morgan fingerprint density at radius 3 is 2.42 bits per heavy atom. The molecule has 3 fully saturated rings. The molecule has 13 atom stereocenters. The van der Waals surface area contributed by atoms with E-state index >= 15 is 0 Å². The number of aromatic nitrogens is 1. The van der Waals surface area contributed by atoms with Gasteiger partial charge in [-0.25, -0.2) is 4.79 Å². The number of pyridine rings is 1. The standard InChI is InChI=1S/C45H65N3O11/c1-12-35-45(8)39(48(19-21-54-11)43(53)59-45)28(4)36(49)26(2)24-44(7,55-20-15-16-31-23-32-17-13-14-18-33(32)46-25-31)40(29(5)37(50)30(6)41(52)57-35)58-42-38(51)34(47(9)10)22-27(3)56-42/h13-18,23,25-30,34-35,38-40,42,51H,12,19-22,24H2,1-11H3/b16-15+/t26-,27-,28+,29+,30-,34+,35-,38-,39-,40-,42+,44-,45-/m1/s1. The minimum atomic E-state index is -1.43. The number of aliphatic hydroxyl groups is 1. The van der Waals surface area contributed by atoms with Crippen LogP contribution in [0.5, 0.6) is 0 Å². The molecule has 326 valence electrons. The van der Waals surface area contributed by atoms with E-state index in [4.69, 9.17) is 28.4 Å². The lowest BCUT2D eigenvalue weighted by Gasteiger charge is -2.47. The number of hydrogen-bond donors (Lipinski definition) is 1. The number of ketones is 2. The van der Waals surface area contributed by atoms with Crippen LogP contribution in [0.15, 0.2) is 42.6 Å². The summed E-state index contributed by atoms with van der Waals surface area (Å²) < 4.78 is 37.3. The molecule has 3 saturated heterocycles. The molecule has 0 bridgehead atoms. The highest BCUT2D eigenvalue weighted by Gasteiger charge is 2.60. The van der Waals surface area contributed by atoms with Crippen LogP contribution in [0, 0.1) is 23.7 Å². The maximum Gasteiger partial charge on any atom is 0.411 e. The largest absolute Gasteiger partial charge is 0.458 e. The number of rotatable bonds is 11. The van der Waals surface area contributed by atoms with Crippen molar-refractivity contribution < 1.29 is 52.7 Å². The van der Waals surface area contributed by atoms with Crippen molar-refractivity contribution in [1.29, 1.82) is 0 Å². The van der Waals surface area contributed by atoms with E-state index in [0.29, 0.717) is 6.42 Å². The number of nitrogens with zero attached hydrogens (tertiary/aromatic N) is 3. The van der Waals surface area contributed by atoms with Gasteiger partial charge in [0.25, 0.3) is 0 Å². The summed E-state index contributed by atoms with van der Waals surface area (Å²) in [6.45, 7) is 14.3. The normalized spacial score (nSPS) is 36.5. The van der Waals surface area contributed by atoms with E-state index in [1.807, 2.05) is 68.4 Å². The van der Waals surface area contributed by atoms with Crippen LogP contribution in [0.3, 0.4) is 0 Å². The molecule has 3 aliphatic heterocycles. The van der Waals surface area contributed by atoms with E-state index in [-0.39, 0.29) is 50.5 Å². The monoisotopic (exact) mass is 823 g/mol. The minimum absolute atomic E-state index is 0.0506. The van der Waals surface area contributed by atoms with Crippen molar-refractivity contribution >= 4 is 40.6 Å². The third-order valence-electron chi connectivity index (χ3n) is 12.7. The number of methoxy groups -OCH3 is 1. The summed E-state index contributed by atoms with van der Waals surface area (Å²) in [6.07, 6.45) is 1.07. The highest BCUT2D eigenvalue weighted by molar-refractivity contribution is 6.00. The summed E-state index contributed by atoms with van der Waals surface area (Å²) in [5.74, 6) is -5.23. The predicted octanol–water partition coefficient (Wildman–Crippen LogP) is 5.47. The Kier molecular flexibility index (Phi) is 15.1. The number of Topliss-reactive ketones (excluding diaryl/α,β-unsaturated/α-hetero) is 2. The first-order valence-corrected chi connectivity index (χ1v) is 20.9. The van der Waals surface area contributed by atoms with E-state index in [9.17, 15) is 24.3 Å². The van der Waals surface area contributed by atoms with Gasteiger partial charge in [-0.15, -0.1) is 0 Å². The molecule has 0 spiro atoms. The van der Waals surface area contributed by atoms with Crippen molar-refractivity contribution in [2.75, 3.05) is 41.0 Å². The molecular weight excluding hydrogens is 759 g/mol. The minimum Gasteiger partial charge on any atom is -0.458 e. The average Bonchev–Trinajstić information content (AvgIpc) is 3.47. The number of carbonyl (C=O) groups is 4. The van der Waals surface area contributed by atoms with Crippen LogP contribution >= 0.6 is 0 Å². The van der Waals surface area contributed by atoms with Crippen molar-refractivity contribution in [3.63, 3.8) is 0 Å². The second kappa shape index (κ2) is 19.3. The van der Waals surface area contributed by atoms with Crippen LogP contribution in [-0.4, -0.2) is 138 Å². The van der Waals surface area contributed by atoms with Crippen LogP contribution in [0.1, 0.15) is 80.2 Å². The van der Waals surface area contributed by atoms with Crippen LogP contribution in [-0.2, 0) is 42.8 Å². The first-order chi connectivity index (χ1) is 27.9. The zero-order chi connectivity index (χ0) is 43.4. The molecule has 59 heavy (non-hydrogen) atoms. The van der Waals surface area contributed by atoms with Gasteiger partial charge in [0.2, 0.25) is 0 Å². The molecule has 1 aromatic carbocycles. The first kappa shape index (κ1) is 46.3. The Hall–Kier alpha value is -3.79. The van der Waals surface area contributed by atoms with Gasteiger partial charge in [0.15, 0.2) is 17.7 Å². The molecule has 0 aliphatic carbocycles. The second-order valence-corrected chi connectivity index (χ2v) is 17.3. The van der Waals surface area contributed by atoms with Gasteiger partial charge in [-0.05, 0) is 78.7 Å². The maximum absolute atomic E-state index is 14.8.